The first-order chi connectivity index (χ1) is 7.93. The zero-order valence-corrected chi connectivity index (χ0v) is 9.69. The molecule has 0 saturated carbocycles. The molecule has 88 valence electrons. The zero-order chi connectivity index (χ0) is 10.8. The van der Waals surface area contributed by atoms with Gasteiger partial charge in [-0.1, -0.05) is 0 Å². The van der Waals surface area contributed by atoms with Gasteiger partial charge in [0.25, 0.3) is 0 Å². The molecule has 1 aromatic heterocycles. The van der Waals surface area contributed by atoms with Crippen LogP contribution in [0, 0.1) is 0 Å². The van der Waals surface area contributed by atoms with Crippen molar-refractivity contribution >= 4 is 0 Å². The maximum absolute atomic E-state index is 5.50. The van der Waals surface area contributed by atoms with Crippen LogP contribution in [-0.2, 0) is 0 Å². The summed E-state index contributed by atoms with van der Waals surface area (Å²) in [6.07, 6.45) is 5.63. The Labute approximate surface area is 96.8 Å². The molecule has 1 unspecified atom stereocenters. The van der Waals surface area contributed by atoms with Gasteiger partial charge >= 0.3 is 0 Å². The van der Waals surface area contributed by atoms with E-state index in [2.05, 4.69) is 16.3 Å². The highest BCUT2D eigenvalue weighted by Gasteiger charge is 2.28. The predicted octanol–water partition coefficient (Wildman–Crippen LogP) is 1.82. The molecule has 0 spiro atoms. The van der Waals surface area contributed by atoms with Crippen molar-refractivity contribution in [2.75, 3.05) is 26.2 Å². The molecule has 1 aromatic rings. The monoisotopic (exact) mass is 220 g/mol. The topological polar surface area (TPSA) is 28.4 Å². The van der Waals surface area contributed by atoms with E-state index < -0.39 is 0 Å². The standard InChI is InChI=1S/C13H20N2O/c1-2-13(16-9-1)11-4-7-15(8-5-11)12-3-6-14-10-12/h1-2,9,11-12,14H,3-8,10H2. The van der Waals surface area contributed by atoms with Gasteiger partial charge in [-0.05, 0) is 51.0 Å². The number of piperidine rings is 1. The molecule has 0 bridgehead atoms. The summed E-state index contributed by atoms with van der Waals surface area (Å²) in [5.74, 6) is 1.84. The fraction of sp³-hybridized carbons (Fsp3) is 0.692. The van der Waals surface area contributed by atoms with Crippen LogP contribution in [-0.4, -0.2) is 37.1 Å². The van der Waals surface area contributed by atoms with Gasteiger partial charge in [0.2, 0.25) is 0 Å². The molecule has 1 atom stereocenters. The van der Waals surface area contributed by atoms with Crippen molar-refractivity contribution in [2.45, 2.75) is 31.2 Å². The fourth-order valence-corrected chi connectivity index (χ4v) is 3.02. The lowest BCUT2D eigenvalue weighted by atomic mass is 9.93. The minimum absolute atomic E-state index is 0.653. The Hall–Kier alpha value is -0.800. The number of nitrogens with one attached hydrogen (secondary N) is 1. The van der Waals surface area contributed by atoms with Gasteiger partial charge in [-0.2, -0.15) is 0 Å². The lowest BCUT2D eigenvalue weighted by Gasteiger charge is -2.35. The molecular formula is C13H20N2O. The first-order valence-electron chi connectivity index (χ1n) is 6.41. The minimum Gasteiger partial charge on any atom is -0.469 e. The molecular weight excluding hydrogens is 200 g/mol. The maximum atomic E-state index is 5.50. The van der Waals surface area contributed by atoms with Crippen molar-refractivity contribution in [3.8, 4) is 0 Å². The number of furan rings is 1. The first kappa shape index (κ1) is 10.4. The molecule has 3 nitrogen and oxygen atoms in total. The third kappa shape index (κ3) is 2.02. The molecule has 0 aromatic carbocycles. The van der Waals surface area contributed by atoms with Gasteiger partial charge in [0.05, 0.1) is 6.26 Å². The van der Waals surface area contributed by atoms with Gasteiger partial charge in [-0.3, -0.25) is 4.90 Å². The Kier molecular flexibility index (Phi) is 2.98. The first-order valence-corrected chi connectivity index (χ1v) is 6.41. The van der Waals surface area contributed by atoms with Crippen LogP contribution in [0.3, 0.4) is 0 Å². The Balaban J connectivity index is 1.55. The zero-order valence-electron chi connectivity index (χ0n) is 9.69. The number of nitrogens with zero attached hydrogens (tertiary/aromatic N) is 1. The quantitative estimate of drug-likeness (QED) is 0.824. The molecule has 2 aliphatic rings. The van der Waals surface area contributed by atoms with Crippen molar-refractivity contribution in [1.29, 1.82) is 0 Å². The minimum atomic E-state index is 0.653. The summed E-state index contributed by atoms with van der Waals surface area (Å²) in [5.41, 5.74) is 0. The molecule has 1 N–H and O–H groups in total. The largest absolute Gasteiger partial charge is 0.469 e. The summed E-state index contributed by atoms with van der Waals surface area (Å²) in [7, 11) is 0. The lowest BCUT2D eigenvalue weighted by molar-refractivity contribution is 0.155. The second-order valence-corrected chi connectivity index (χ2v) is 4.97. The van der Waals surface area contributed by atoms with E-state index in [1.807, 2.05) is 6.07 Å². The summed E-state index contributed by atoms with van der Waals surface area (Å²) in [5, 5.41) is 3.45. The molecule has 3 heterocycles. The van der Waals surface area contributed by atoms with Crippen molar-refractivity contribution in [3.63, 3.8) is 0 Å². The Morgan fingerprint density at radius 3 is 2.75 bits per heavy atom. The van der Waals surface area contributed by atoms with Gasteiger partial charge in [-0.15, -0.1) is 0 Å². The fourth-order valence-electron chi connectivity index (χ4n) is 3.02. The summed E-state index contributed by atoms with van der Waals surface area (Å²) in [6, 6.07) is 4.91. The molecule has 3 heteroatoms. The van der Waals surface area contributed by atoms with E-state index in [1.54, 1.807) is 6.26 Å². The van der Waals surface area contributed by atoms with Crippen molar-refractivity contribution in [3.05, 3.63) is 24.2 Å². The smallest absolute Gasteiger partial charge is 0.106 e. The Morgan fingerprint density at radius 2 is 2.12 bits per heavy atom. The van der Waals surface area contributed by atoms with Crippen LogP contribution in [0.5, 0.6) is 0 Å². The van der Waals surface area contributed by atoms with Gasteiger partial charge in [-0.25, -0.2) is 0 Å². The summed E-state index contributed by atoms with van der Waals surface area (Å²) >= 11 is 0. The average Bonchev–Trinajstić information content (AvgIpc) is 3.03. The second kappa shape index (κ2) is 4.60. The van der Waals surface area contributed by atoms with Crippen LogP contribution in [0.2, 0.25) is 0 Å². The van der Waals surface area contributed by atoms with E-state index >= 15 is 0 Å². The van der Waals surface area contributed by atoms with Crippen LogP contribution >= 0.6 is 0 Å². The van der Waals surface area contributed by atoms with E-state index in [4.69, 9.17) is 4.42 Å². The van der Waals surface area contributed by atoms with E-state index in [1.165, 1.54) is 51.2 Å². The highest BCUT2D eigenvalue weighted by atomic mass is 16.3. The Morgan fingerprint density at radius 1 is 1.25 bits per heavy atom. The number of hydrogen-bond donors (Lipinski definition) is 1. The van der Waals surface area contributed by atoms with Crippen LogP contribution in [0.1, 0.15) is 30.9 Å². The van der Waals surface area contributed by atoms with Crippen LogP contribution in [0.15, 0.2) is 22.8 Å². The highest BCUT2D eigenvalue weighted by molar-refractivity contribution is 5.06. The number of likely N-dealkylation sites (tertiary alicyclic amines) is 1. The third-order valence-electron chi connectivity index (χ3n) is 4.03. The van der Waals surface area contributed by atoms with Crippen LogP contribution in [0.25, 0.3) is 0 Å². The van der Waals surface area contributed by atoms with Crippen LogP contribution < -0.4 is 5.32 Å². The van der Waals surface area contributed by atoms with Gasteiger partial charge in [0.1, 0.15) is 5.76 Å². The van der Waals surface area contributed by atoms with Crippen molar-refractivity contribution in [2.24, 2.45) is 0 Å². The van der Waals surface area contributed by atoms with E-state index in [9.17, 15) is 0 Å². The van der Waals surface area contributed by atoms with Gasteiger partial charge in [0.15, 0.2) is 0 Å². The molecule has 0 amide bonds. The molecule has 3 rings (SSSR count). The molecule has 2 fully saturated rings. The summed E-state index contributed by atoms with van der Waals surface area (Å²) in [6.45, 7) is 4.85. The Bertz CT molecular complexity index is 309. The maximum Gasteiger partial charge on any atom is 0.106 e. The van der Waals surface area contributed by atoms with E-state index in [0.717, 1.165) is 6.04 Å². The molecule has 16 heavy (non-hydrogen) atoms. The van der Waals surface area contributed by atoms with Crippen LogP contribution in [0.4, 0.5) is 0 Å². The SMILES string of the molecule is c1coc(C2CCN(C3CCNC3)CC2)c1. The van der Waals surface area contributed by atoms with E-state index in [-0.39, 0.29) is 0 Å². The third-order valence-corrected chi connectivity index (χ3v) is 4.03. The molecule has 2 saturated heterocycles. The number of hydrogen-bond acceptors (Lipinski definition) is 3. The van der Waals surface area contributed by atoms with E-state index in [0.29, 0.717) is 5.92 Å². The summed E-state index contributed by atoms with van der Waals surface area (Å²) in [4.78, 5) is 2.65. The highest BCUT2D eigenvalue weighted by Crippen LogP contribution is 2.29. The second-order valence-electron chi connectivity index (χ2n) is 4.97. The van der Waals surface area contributed by atoms with Gasteiger partial charge < -0.3 is 9.73 Å². The number of rotatable bonds is 2. The van der Waals surface area contributed by atoms with Crippen molar-refractivity contribution < 1.29 is 4.42 Å². The molecule has 0 radical (unpaired) electrons. The average molecular weight is 220 g/mol. The van der Waals surface area contributed by atoms with Crippen molar-refractivity contribution in [1.82, 2.24) is 10.2 Å². The lowest BCUT2D eigenvalue weighted by Crippen LogP contribution is -2.41. The van der Waals surface area contributed by atoms with Gasteiger partial charge in [0, 0.05) is 18.5 Å². The molecule has 2 aliphatic heterocycles. The molecule has 0 aliphatic carbocycles. The summed E-state index contributed by atoms with van der Waals surface area (Å²) < 4.78 is 5.50. The predicted molar refractivity (Wildman–Crippen MR) is 63.5 cm³/mol. The normalized spacial score (nSPS) is 28.6.